The molecule has 0 fully saturated rings. The van der Waals surface area contributed by atoms with Crippen LogP contribution in [0.25, 0.3) is 0 Å². The van der Waals surface area contributed by atoms with Crippen LogP contribution in [-0.4, -0.2) is 9.55 Å². The summed E-state index contributed by atoms with van der Waals surface area (Å²) >= 11 is 3.50. The van der Waals surface area contributed by atoms with Crippen LogP contribution in [0.1, 0.15) is 39.1 Å². The van der Waals surface area contributed by atoms with Crippen molar-refractivity contribution in [1.29, 1.82) is 0 Å². The first kappa shape index (κ1) is 9.78. The van der Waals surface area contributed by atoms with Crippen LogP contribution in [0.5, 0.6) is 0 Å². The predicted octanol–water partition coefficient (Wildman–Crippen LogP) is 3.18. The average molecular weight is 231 g/mol. The number of hydrogen-bond donors (Lipinski definition) is 0. The monoisotopic (exact) mass is 230 g/mol. The standard InChI is InChI=1S/C9H15BrN2/c1-4-7(3)12-8(10)6-11-9(12)5-2/h6-7H,4-5H2,1-3H3. The molecule has 1 heterocycles. The third-order valence-electron chi connectivity index (χ3n) is 2.18. The van der Waals surface area contributed by atoms with Crippen LogP contribution in [0.2, 0.25) is 0 Å². The molecule has 0 radical (unpaired) electrons. The van der Waals surface area contributed by atoms with Crippen molar-refractivity contribution >= 4 is 15.9 Å². The second-order valence-corrected chi connectivity index (χ2v) is 3.79. The summed E-state index contributed by atoms with van der Waals surface area (Å²) < 4.78 is 3.34. The van der Waals surface area contributed by atoms with Gasteiger partial charge in [0, 0.05) is 12.5 Å². The molecule has 0 aromatic carbocycles. The van der Waals surface area contributed by atoms with Crippen molar-refractivity contribution < 1.29 is 0 Å². The third kappa shape index (κ3) is 1.71. The van der Waals surface area contributed by atoms with Crippen molar-refractivity contribution in [2.24, 2.45) is 0 Å². The Hall–Kier alpha value is -0.310. The maximum atomic E-state index is 4.32. The lowest BCUT2D eigenvalue weighted by molar-refractivity contribution is 0.503. The molecule has 12 heavy (non-hydrogen) atoms. The zero-order chi connectivity index (χ0) is 9.14. The molecule has 0 aliphatic carbocycles. The van der Waals surface area contributed by atoms with Gasteiger partial charge in [0.05, 0.1) is 6.20 Å². The molecule has 0 amide bonds. The molecule has 1 aromatic heterocycles. The highest BCUT2D eigenvalue weighted by atomic mass is 79.9. The van der Waals surface area contributed by atoms with Crippen molar-refractivity contribution in [3.05, 3.63) is 16.6 Å². The van der Waals surface area contributed by atoms with Gasteiger partial charge in [0.25, 0.3) is 0 Å². The van der Waals surface area contributed by atoms with E-state index in [1.807, 2.05) is 6.20 Å². The van der Waals surface area contributed by atoms with Crippen LogP contribution in [-0.2, 0) is 6.42 Å². The smallest absolute Gasteiger partial charge is 0.109 e. The molecular formula is C9H15BrN2. The zero-order valence-corrected chi connectivity index (χ0v) is 9.43. The summed E-state index contributed by atoms with van der Waals surface area (Å²) in [6.07, 6.45) is 4.02. The van der Waals surface area contributed by atoms with E-state index in [0.717, 1.165) is 23.3 Å². The van der Waals surface area contributed by atoms with Gasteiger partial charge < -0.3 is 4.57 Å². The number of halogens is 1. The molecule has 0 saturated heterocycles. The van der Waals surface area contributed by atoms with Gasteiger partial charge in [-0.05, 0) is 29.3 Å². The molecule has 0 aliphatic heterocycles. The fourth-order valence-electron chi connectivity index (χ4n) is 1.28. The van der Waals surface area contributed by atoms with Gasteiger partial charge in [0.15, 0.2) is 0 Å². The first-order valence-corrected chi connectivity index (χ1v) is 5.21. The van der Waals surface area contributed by atoms with Crippen LogP contribution in [0.4, 0.5) is 0 Å². The molecule has 0 N–H and O–H groups in total. The predicted molar refractivity (Wildman–Crippen MR) is 54.3 cm³/mol. The first-order chi connectivity index (χ1) is 5.70. The Morgan fingerprint density at radius 2 is 2.25 bits per heavy atom. The highest BCUT2D eigenvalue weighted by Crippen LogP contribution is 2.21. The topological polar surface area (TPSA) is 17.8 Å². The lowest BCUT2D eigenvalue weighted by Crippen LogP contribution is -2.08. The van der Waals surface area contributed by atoms with E-state index in [4.69, 9.17) is 0 Å². The normalized spacial score (nSPS) is 13.3. The maximum absolute atomic E-state index is 4.32. The summed E-state index contributed by atoms with van der Waals surface area (Å²) in [5.41, 5.74) is 0. The minimum Gasteiger partial charge on any atom is -0.320 e. The summed E-state index contributed by atoms with van der Waals surface area (Å²) in [5, 5.41) is 0. The van der Waals surface area contributed by atoms with Crippen molar-refractivity contribution in [2.45, 2.75) is 39.7 Å². The van der Waals surface area contributed by atoms with E-state index < -0.39 is 0 Å². The van der Waals surface area contributed by atoms with E-state index in [1.54, 1.807) is 0 Å². The highest BCUT2D eigenvalue weighted by Gasteiger charge is 2.10. The Morgan fingerprint density at radius 3 is 2.75 bits per heavy atom. The Balaban J connectivity index is 3.01. The third-order valence-corrected chi connectivity index (χ3v) is 2.76. The fraction of sp³-hybridized carbons (Fsp3) is 0.667. The van der Waals surface area contributed by atoms with E-state index in [9.17, 15) is 0 Å². The molecule has 0 aliphatic rings. The largest absolute Gasteiger partial charge is 0.320 e. The molecule has 0 bridgehead atoms. The first-order valence-electron chi connectivity index (χ1n) is 4.42. The van der Waals surface area contributed by atoms with Crippen LogP contribution in [0, 0.1) is 0 Å². The molecule has 0 saturated carbocycles. The molecular weight excluding hydrogens is 216 g/mol. The highest BCUT2D eigenvalue weighted by molar-refractivity contribution is 9.10. The van der Waals surface area contributed by atoms with E-state index in [1.165, 1.54) is 0 Å². The number of nitrogens with zero attached hydrogens (tertiary/aromatic N) is 2. The summed E-state index contributed by atoms with van der Waals surface area (Å²) in [5.74, 6) is 1.16. The average Bonchev–Trinajstić information content (AvgIpc) is 2.45. The van der Waals surface area contributed by atoms with Crippen molar-refractivity contribution in [3.8, 4) is 0 Å². The molecule has 1 rings (SSSR count). The van der Waals surface area contributed by atoms with Crippen molar-refractivity contribution in [1.82, 2.24) is 9.55 Å². The van der Waals surface area contributed by atoms with Crippen molar-refractivity contribution in [3.63, 3.8) is 0 Å². The molecule has 1 aromatic rings. The zero-order valence-electron chi connectivity index (χ0n) is 7.84. The van der Waals surface area contributed by atoms with Crippen LogP contribution in [0.3, 0.4) is 0 Å². The Bertz CT molecular complexity index is 255. The Labute approximate surface area is 82.1 Å². The second kappa shape index (κ2) is 4.08. The lowest BCUT2D eigenvalue weighted by Gasteiger charge is -2.14. The number of aryl methyl sites for hydroxylation is 1. The summed E-state index contributed by atoms with van der Waals surface area (Å²) in [4.78, 5) is 4.32. The fourth-order valence-corrected chi connectivity index (χ4v) is 1.94. The second-order valence-electron chi connectivity index (χ2n) is 2.98. The molecule has 1 unspecified atom stereocenters. The molecule has 3 heteroatoms. The number of rotatable bonds is 3. The van der Waals surface area contributed by atoms with Crippen LogP contribution >= 0.6 is 15.9 Å². The Kier molecular flexibility index (Phi) is 3.32. The summed E-state index contributed by atoms with van der Waals surface area (Å²) in [6.45, 7) is 6.54. The van der Waals surface area contributed by atoms with Gasteiger partial charge in [-0.3, -0.25) is 0 Å². The number of imidazole rings is 1. The van der Waals surface area contributed by atoms with Crippen LogP contribution < -0.4 is 0 Å². The van der Waals surface area contributed by atoms with Gasteiger partial charge in [0.2, 0.25) is 0 Å². The minimum atomic E-state index is 0.539. The molecule has 68 valence electrons. The van der Waals surface area contributed by atoms with Gasteiger partial charge in [0.1, 0.15) is 10.4 Å². The van der Waals surface area contributed by atoms with Crippen molar-refractivity contribution in [2.75, 3.05) is 0 Å². The van der Waals surface area contributed by atoms with Gasteiger partial charge in [-0.25, -0.2) is 4.98 Å². The number of aromatic nitrogens is 2. The Morgan fingerprint density at radius 1 is 1.58 bits per heavy atom. The van der Waals surface area contributed by atoms with E-state index in [2.05, 4.69) is 46.3 Å². The molecule has 1 atom stereocenters. The van der Waals surface area contributed by atoms with Gasteiger partial charge >= 0.3 is 0 Å². The summed E-state index contributed by atoms with van der Waals surface area (Å²) in [7, 11) is 0. The van der Waals surface area contributed by atoms with Gasteiger partial charge in [-0.1, -0.05) is 13.8 Å². The maximum Gasteiger partial charge on any atom is 0.109 e. The molecule has 0 spiro atoms. The lowest BCUT2D eigenvalue weighted by atomic mass is 10.2. The van der Waals surface area contributed by atoms with E-state index in [0.29, 0.717) is 6.04 Å². The quantitative estimate of drug-likeness (QED) is 0.781. The SMILES string of the molecule is CCc1ncc(Br)n1C(C)CC. The van der Waals surface area contributed by atoms with Gasteiger partial charge in [-0.2, -0.15) is 0 Å². The number of hydrogen-bond acceptors (Lipinski definition) is 1. The minimum absolute atomic E-state index is 0.539. The summed E-state index contributed by atoms with van der Waals surface area (Å²) in [6, 6.07) is 0.539. The molecule has 2 nitrogen and oxygen atoms in total. The van der Waals surface area contributed by atoms with Crippen LogP contribution in [0.15, 0.2) is 10.8 Å². The van der Waals surface area contributed by atoms with E-state index >= 15 is 0 Å². The van der Waals surface area contributed by atoms with Gasteiger partial charge in [-0.15, -0.1) is 0 Å². The van der Waals surface area contributed by atoms with E-state index in [-0.39, 0.29) is 0 Å².